The van der Waals surface area contributed by atoms with E-state index < -0.39 is 0 Å². The summed E-state index contributed by atoms with van der Waals surface area (Å²) in [6.07, 6.45) is 4.48. The fourth-order valence-corrected chi connectivity index (χ4v) is 2.50. The monoisotopic (exact) mass is 264 g/mol. The molecule has 96 valence electrons. The van der Waals surface area contributed by atoms with Gasteiger partial charge in [0.1, 0.15) is 11.3 Å². The van der Waals surface area contributed by atoms with E-state index in [-0.39, 0.29) is 0 Å². The quantitative estimate of drug-likeness (QED) is 0.777. The smallest absolute Gasteiger partial charge is 0.160 e. The van der Waals surface area contributed by atoms with Crippen LogP contribution in [0.15, 0.2) is 18.3 Å². The number of alkyl halides is 1. The second-order valence-electron chi connectivity index (χ2n) is 4.87. The molecule has 0 saturated heterocycles. The molecule has 0 N–H and O–H groups in total. The lowest BCUT2D eigenvalue weighted by atomic mass is 10.4. The lowest BCUT2D eigenvalue weighted by Gasteiger charge is -2.16. The molecule has 0 aliphatic heterocycles. The minimum Gasteiger partial charge on any atom is -0.310 e. The van der Waals surface area contributed by atoms with Gasteiger partial charge in [-0.05, 0) is 32.0 Å². The van der Waals surface area contributed by atoms with Crippen LogP contribution in [0, 0.1) is 0 Å². The predicted octanol–water partition coefficient (Wildman–Crippen LogP) is 2.26. The normalized spacial score (nSPS) is 15.7. The number of fused-ring (bicyclic) bond motifs is 1. The second-order valence-corrected chi connectivity index (χ2v) is 5.14. The number of imidazole rings is 1. The van der Waals surface area contributed by atoms with E-state index in [9.17, 15) is 0 Å². The highest BCUT2D eigenvalue weighted by Gasteiger charge is 2.25. The fraction of sp³-hybridized carbons (Fsp3) is 0.538. The van der Waals surface area contributed by atoms with Crippen LogP contribution in [-0.4, -0.2) is 39.1 Å². The summed E-state index contributed by atoms with van der Waals surface area (Å²) in [7, 11) is 2.19. The van der Waals surface area contributed by atoms with E-state index in [1.165, 1.54) is 12.8 Å². The van der Waals surface area contributed by atoms with Gasteiger partial charge < -0.3 is 9.47 Å². The van der Waals surface area contributed by atoms with E-state index in [1.807, 2.05) is 18.3 Å². The molecule has 0 radical (unpaired) electrons. The maximum absolute atomic E-state index is 5.97. The number of hydrogen-bond acceptors (Lipinski definition) is 3. The van der Waals surface area contributed by atoms with Crippen LogP contribution in [0.1, 0.15) is 18.7 Å². The zero-order chi connectivity index (χ0) is 12.5. The molecule has 2 aromatic heterocycles. The van der Waals surface area contributed by atoms with Crippen LogP contribution in [0.25, 0.3) is 11.2 Å². The average Bonchev–Trinajstić information content (AvgIpc) is 3.18. The molecule has 4 nitrogen and oxygen atoms in total. The third kappa shape index (κ3) is 2.22. The maximum atomic E-state index is 5.97. The molecule has 3 rings (SSSR count). The second kappa shape index (κ2) is 4.86. The highest BCUT2D eigenvalue weighted by Crippen LogP contribution is 2.25. The zero-order valence-electron chi connectivity index (χ0n) is 10.5. The first-order valence-electron chi connectivity index (χ1n) is 6.36. The molecule has 1 aliphatic carbocycles. The van der Waals surface area contributed by atoms with Crippen molar-refractivity contribution in [2.45, 2.75) is 31.3 Å². The van der Waals surface area contributed by atoms with Crippen LogP contribution in [0.3, 0.4) is 0 Å². The van der Waals surface area contributed by atoms with E-state index in [0.717, 1.165) is 36.1 Å². The van der Waals surface area contributed by atoms with Gasteiger partial charge in [-0.25, -0.2) is 9.97 Å². The topological polar surface area (TPSA) is 34.0 Å². The van der Waals surface area contributed by atoms with E-state index in [1.54, 1.807) is 0 Å². The van der Waals surface area contributed by atoms with Gasteiger partial charge in [-0.15, -0.1) is 11.6 Å². The van der Waals surface area contributed by atoms with Crippen LogP contribution < -0.4 is 0 Å². The fourth-order valence-electron chi connectivity index (χ4n) is 2.30. The van der Waals surface area contributed by atoms with Crippen LogP contribution >= 0.6 is 11.6 Å². The van der Waals surface area contributed by atoms with E-state index in [2.05, 4.69) is 26.5 Å². The maximum Gasteiger partial charge on any atom is 0.160 e. The van der Waals surface area contributed by atoms with Gasteiger partial charge in [0, 0.05) is 25.3 Å². The van der Waals surface area contributed by atoms with Gasteiger partial charge in [-0.2, -0.15) is 0 Å². The van der Waals surface area contributed by atoms with E-state index in [0.29, 0.717) is 5.88 Å². The minimum atomic E-state index is 0.434. The number of hydrogen-bond donors (Lipinski definition) is 0. The van der Waals surface area contributed by atoms with Crippen molar-refractivity contribution in [1.82, 2.24) is 19.4 Å². The summed E-state index contributed by atoms with van der Waals surface area (Å²) in [6, 6.07) is 4.68. The lowest BCUT2D eigenvalue weighted by molar-refractivity contribution is 0.309. The first-order chi connectivity index (χ1) is 8.79. The number of likely N-dealkylation sites (N-methyl/N-ethyl adjacent to an activating group) is 1. The van der Waals surface area contributed by atoms with Gasteiger partial charge in [0.15, 0.2) is 5.65 Å². The molecule has 0 aromatic carbocycles. The SMILES string of the molecule is CN(CCn1c(CCl)nc2cccnc21)C1CC1. The number of pyridine rings is 1. The number of halogens is 1. The molecular formula is C13H17ClN4. The molecule has 1 aliphatic rings. The zero-order valence-corrected chi connectivity index (χ0v) is 11.3. The highest BCUT2D eigenvalue weighted by molar-refractivity contribution is 6.16. The molecule has 0 spiro atoms. The van der Waals surface area contributed by atoms with Crippen molar-refractivity contribution < 1.29 is 0 Å². The van der Waals surface area contributed by atoms with Crippen LogP contribution in [0.2, 0.25) is 0 Å². The molecule has 18 heavy (non-hydrogen) atoms. The Bertz CT molecular complexity index is 547. The largest absolute Gasteiger partial charge is 0.310 e. The van der Waals surface area contributed by atoms with Crippen LogP contribution in [-0.2, 0) is 12.4 Å². The summed E-state index contributed by atoms with van der Waals surface area (Å²) in [5.41, 5.74) is 1.87. The minimum absolute atomic E-state index is 0.434. The molecule has 2 aromatic rings. The van der Waals surface area contributed by atoms with Gasteiger partial charge in [0.2, 0.25) is 0 Å². The average molecular weight is 265 g/mol. The van der Waals surface area contributed by atoms with Gasteiger partial charge in [0.25, 0.3) is 0 Å². The van der Waals surface area contributed by atoms with Crippen molar-refractivity contribution in [3.05, 3.63) is 24.2 Å². The van der Waals surface area contributed by atoms with Gasteiger partial charge >= 0.3 is 0 Å². The molecular weight excluding hydrogens is 248 g/mol. The Balaban J connectivity index is 1.84. The lowest BCUT2D eigenvalue weighted by Crippen LogP contribution is -2.25. The Morgan fingerprint density at radius 2 is 2.33 bits per heavy atom. The highest BCUT2D eigenvalue weighted by atomic mass is 35.5. The molecule has 5 heteroatoms. The van der Waals surface area contributed by atoms with Crippen molar-refractivity contribution in [3.8, 4) is 0 Å². The Kier molecular flexibility index (Phi) is 3.22. The summed E-state index contributed by atoms with van der Waals surface area (Å²) in [5.74, 6) is 1.35. The number of rotatable bonds is 5. The Labute approximate surface area is 112 Å². The summed E-state index contributed by atoms with van der Waals surface area (Å²) in [6.45, 7) is 1.93. The third-order valence-electron chi connectivity index (χ3n) is 3.55. The summed E-state index contributed by atoms with van der Waals surface area (Å²) >= 11 is 5.97. The van der Waals surface area contributed by atoms with E-state index in [4.69, 9.17) is 11.6 Å². The molecule has 0 amide bonds. The first kappa shape index (κ1) is 11.9. The number of aromatic nitrogens is 3. The number of nitrogens with zero attached hydrogens (tertiary/aromatic N) is 4. The molecule has 1 fully saturated rings. The summed E-state index contributed by atoms with van der Waals surface area (Å²) < 4.78 is 2.14. The van der Waals surface area contributed by atoms with Crippen LogP contribution in [0.5, 0.6) is 0 Å². The Morgan fingerprint density at radius 1 is 1.50 bits per heavy atom. The van der Waals surface area contributed by atoms with Gasteiger partial charge in [-0.3, -0.25) is 0 Å². The molecule has 2 heterocycles. The standard InChI is InChI=1S/C13H17ClN4/c1-17(10-4-5-10)7-8-18-12(9-14)16-11-3-2-6-15-13(11)18/h2-3,6,10H,4-5,7-9H2,1H3. The van der Waals surface area contributed by atoms with Gasteiger partial charge in [-0.1, -0.05) is 0 Å². The summed E-state index contributed by atoms with van der Waals surface area (Å²) in [4.78, 5) is 11.3. The van der Waals surface area contributed by atoms with Crippen molar-refractivity contribution in [2.24, 2.45) is 0 Å². The Morgan fingerprint density at radius 3 is 3.06 bits per heavy atom. The summed E-state index contributed by atoms with van der Waals surface area (Å²) in [5, 5.41) is 0. The van der Waals surface area contributed by atoms with Crippen molar-refractivity contribution >= 4 is 22.8 Å². The van der Waals surface area contributed by atoms with Crippen molar-refractivity contribution in [2.75, 3.05) is 13.6 Å². The molecule has 1 saturated carbocycles. The van der Waals surface area contributed by atoms with Crippen molar-refractivity contribution in [3.63, 3.8) is 0 Å². The molecule has 0 atom stereocenters. The van der Waals surface area contributed by atoms with Gasteiger partial charge in [0.05, 0.1) is 5.88 Å². The Hall–Kier alpha value is -1.13. The molecule has 0 bridgehead atoms. The predicted molar refractivity (Wildman–Crippen MR) is 72.7 cm³/mol. The van der Waals surface area contributed by atoms with E-state index >= 15 is 0 Å². The molecule has 0 unspecified atom stereocenters. The third-order valence-corrected chi connectivity index (χ3v) is 3.79. The van der Waals surface area contributed by atoms with Crippen molar-refractivity contribution in [1.29, 1.82) is 0 Å². The first-order valence-corrected chi connectivity index (χ1v) is 6.89. The van der Waals surface area contributed by atoms with Crippen LogP contribution in [0.4, 0.5) is 0 Å².